The van der Waals surface area contributed by atoms with Crippen LogP contribution in [0.25, 0.3) is 0 Å². The van der Waals surface area contributed by atoms with E-state index in [1.165, 1.54) is 12.1 Å². The maximum absolute atomic E-state index is 12.5. The van der Waals surface area contributed by atoms with E-state index in [-0.39, 0.29) is 11.5 Å². The number of rotatable bonds is 1. The number of non-ortho nitro benzene ring substituents is 1. The minimum atomic E-state index is -0.480. The molecule has 2 aromatic rings. The Kier molecular flexibility index (Phi) is 2.59. The maximum Gasteiger partial charge on any atom is 0.270 e. The second-order valence-electron chi connectivity index (χ2n) is 4.46. The van der Waals surface area contributed by atoms with Crippen molar-refractivity contribution in [2.45, 2.75) is 12.8 Å². The molecule has 0 saturated carbocycles. The van der Waals surface area contributed by atoms with E-state index >= 15 is 0 Å². The van der Waals surface area contributed by atoms with E-state index in [0.717, 1.165) is 17.5 Å². The molecule has 0 fully saturated rings. The summed E-state index contributed by atoms with van der Waals surface area (Å²) in [4.78, 5) is 26.8. The summed E-state index contributed by atoms with van der Waals surface area (Å²) in [5.41, 5.74) is 2.72. The van der Waals surface area contributed by atoms with Gasteiger partial charge in [0.05, 0.1) is 4.92 Å². The molecule has 0 amide bonds. The molecule has 1 heterocycles. The number of pyridine rings is 1. The van der Waals surface area contributed by atoms with Crippen LogP contribution in [-0.4, -0.2) is 15.7 Å². The molecule has 1 aliphatic rings. The number of carbonyl (C=O) groups excluding carboxylic acids is 1. The molecule has 1 aromatic carbocycles. The topological polar surface area (TPSA) is 73.1 Å². The lowest BCUT2D eigenvalue weighted by molar-refractivity contribution is -0.384. The number of aromatic nitrogens is 1. The molecule has 0 N–H and O–H groups in total. The van der Waals surface area contributed by atoms with Gasteiger partial charge in [0.25, 0.3) is 5.69 Å². The molecule has 1 aromatic heterocycles. The van der Waals surface area contributed by atoms with Crippen LogP contribution in [-0.2, 0) is 12.8 Å². The zero-order valence-corrected chi connectivity index (χ0v) is 10.00. The van der Waals surface area contributed by atoms with Crippen molar-refractivity contribution < 1.29 is 9.72 Å². The van der Waals surface area contributed by atoms with Crippen molar-refractivity contribution in [3.8, 4) is 0 Å². The van der Waals surface area contributed by atoms with Crippen molar-refractivity contribution in [1.29, 1.82) is 0 Å². The van der Waals surface area contributed by atoms with Gasteiger partial charge in [0, 0.05) is 35.7 Å². The summed E-state index contributed by atoms with van der Waals surface area (Å²) in [6, 6.07) is 6.16. The molecule has 5 nitrogen and oxygen atoms in total. The number of ketones is 1. The van der Waals surface area contributed by atoms with Gasteiger partial charge in [-0.25, -0.2) is 0 Å². The number of hydrogen-bond donors (Lipinski definition) is 0. The Labute approximate surface area is 109 Å². The van der Waals surface area contributed by atoms with E-state index in [2.05, 4.69) is 4.98 Å². The lowest BCUT2D eigenvalue weighted by Crippen LogP contribution is -2.05. The number of nitrogens with zero attached hydrogens (tertiary/aromatic N) is 2. The van der Waals surface area contributed by atoms with Gasteiger partial charge in [-0.1, -0.05) is 6.07 Å². The number of nitro groups is 1. The van der Waals surface area contributed by atoms with E-state index in [1.807, 2.05) is 0 Å². The SMILES string of the molecule is O=C1c2ccncc2CCc2ccc([N+](=O)[O-])cc21. The Hall–Kier alpha value is -2.56. The fraction of sp³-hybridized carbons (Fsp3) is 0.143. The lowest BCUT2D eigenvalue weighted by atomic mass is 9.99. The van der Waals surface area contributed by atoms with Crippen molar-refractivity contribution in [3.05, 3.63) is 69.0 Å². The smallest absolute Gasteiger partial charge is 0.270 e. The summed E-state index contributed by atoms with van der Waals surface area (Å²) in [6.45, 7) is 0. The summed E-state index contributed by atoms with van der Waals surface area (Å²) in [5.74, 6) is -0.159. The van der Waals surface area contributed by atoms with Crippen LogP contribution in [0.15, 0.2) is 36.7 Å². The van der Waals surface area contributed by atoms with E-state index in [9.17, 15) is 14.9 Å². The van der Waals surface area contributed by atoms with Crippen LogP contribution >= 0.6 is 0 Å². The molecule has 0 unspecified atom stereocenters. The van der Waals surface area contributed by atoms with Crippen LogP contribution in [0.1, 0.15) is 27.0 Å². The molecule has 0 radical (unpaired) electrons. The second-order valence-corrected chi connectivity index (χ2v) is 4.46. The minimum Gasteiger partial charge on any atom is -0.289 e. The summed E-state index contributed by atoms with van der Waals surface area (Å²) < 4.78 is 0. The predicted molar refractivity (Wildman–Crippen MR) is 68.2 cm³/mol. The van der Waals surface area contributed by atoms with Crippen LogP contribution in [0.5, 0.6) is 0 Å². The summed E-state index contributed by atoms with van der Waals surface area (Å²) in [7, 11) is 0. The van der Waals surface area contributed by atoms with Crippen molar-refractivity contribution in [2.24, 2.45) is 0 Å². The van der Waals surface area contributed by atoms with Crippen LogP contribution in [0, 0.1) is 10.1 Å². The van der Waals surface area contributed by atoms with Gasteiger partial charge in [0.15, 0.2) is 5.78 Å². The molecule has 1 aliphatic carbocycles. The molecule has 0 saturated heterocycles. The van der Waals surface area contributed by atoms with Gasteiger partial charge in [-0.05, 0) is 30.0 Å². The van der Waals surface area contributed by atoms with Crippen LogP contribution in [0.2, 0.25) is 0 Å². The monoisotopic (exact) mass is 254 g/mol. The lowest BCUT2D eigenvalue weighted by Gasteiger charge is -2.04. The van der Waals surface area contributed by atoms with Gasteiger partial charge in [-0.3, -0.25) is 19.9 Å². The first-order valence-electron chi connectivity index (χ1n) is 5.92. The summed E-state index contributed by atoms with van der Waals surface area (Å²) in [5, 5.41) is 10.8. The fourth-order valence-corrected chi connectivity index (χ4v) is 2.37. The minimum absolute atomic E-state index is 0.0513. The Bertz CT molecular complexity index is 695. The third-order valence-electron chi connectivity index (χ3n) is 3.36. The normalized spacial score (nSPS) is 13.4. The molecular formula is C14H10N2O3. The molecule has 0 atom stereocenters. The number of hydrogen-bond acceptors (Lipinski definition) is 4. The highest BCUT2D eigenvalue weighted by molar-refractivity contribution is 6.11. The van der Waals surface area contributed by atoms with E-state index < -0.39 is 4.92 Å². The average Bonchev–Trinajstić information content (AvgIpc) is 2.57. The van der Waals surface area contributed by atoms with Gasteiger partial charge in [0.2, 0.25) is 0 Å². The first kappa shape index (κ1) is 11.5. The molecule has 3 rings (SSSR count). The first-order chi connectivity index (χ1) is 9.16. The highest BCUT2D eigenvalue weighted by Crippen LogP contribution is 2.26. The van der Waals surface area contributed by atoms with Crippen molar-refractivity contribution in [1.82, 2.24) is 4.98 Å². The van der Waals surface area contributed by atoms with Crippen molar-refractivity contribution in [3.63, 3.8) is 0 Å². The standard InChI is InChI=1S/C14H10N2O3/c17-14-12-5-6-15-8-10(12)2-1-9-3-4-11(16(18)19)7-13(9)14/h3-8H,1-2H2. The van der Waals surface area contributed by atoms with Crippen molar-refractivity contribution in [2.75, 3.05) is 0 Å². The van der Waals surface area contributed by atoms with Crippen LogP contribution in [0.3, 0.4) is 0 Å². The van der Waals surface area contributed by atoms with E-state index in [0.29, 0.717) is 17.5 Å². The van der Waals surface area contributed by atoms with Gasteiger partial charge < -0.3 is 0 Å². The molecule has 0 spiro atoms. The largest absolute Gasteiger partial charge is 0.289 e. The van der Waals surface area contributed by atoms with Gasteiger partial charge >= 0.3 is 0 Å². The van der Waals surface area contributed by atoms with E-state index in [4.69, 9.17) is 0 Å². The molecule has 19 heavy (non-hydrogen) atoms. The zero-order valence-electron chi connectivity index (χ0n) is 10.00. The van der Waals surface area contributed by atoms with Crippen molar-refractivity contribution >= 4 is 11.5 Å². The molecular weight excluding hydrogens is 244 g/mol. The number of fused-ring (bicyclic) bond motifs is 2. The molecule has 0 bridgehead atoms. The maximum atomic E-state index is 12.5. The number of nitro benzene ring substituents is 1. The molecule has 94 valence electrons. The third-order valence-corrected chi connectivity index (χ3v) is 3.36. The van der Waals surface area contributed by atoms with Gasteiger partial charge in [0.1, 0.15) is 0 Å². The highest BCUT2D eigenvalue weighted by Gasteiger charge is 2.23. The Morgan fingerprint density at radius 3 is 2.68 bits per heavy atom. The van der Waals surface area contributed by atoms with Gasteiger partial charge in [-0.15, -0.1) is 0 Å². The number of aryl methyl sites for hydroxylation is 2. The summed E-state index contributed by atoms with van der Waals surface area (Å²) >= 11 is 0. The zero-order chi connectivity index (χ0) is 13.4. The quantitative estimate of drug-likeness (QED) is 0.578. The Morgan fingerprint density at radius 2 is 1.89 bits per heavy atom. The van der Waals surface area contributed by atoms with Crippen LogP contribution < -0.4 is 0 Å². The van der Waals surface area contributed by atoms with Gasteiger partial charge in [-0.2, -0.15) is 0 Å². The predicted octanol–water partition coefficient (Wildman–Crippen LogP) is 2.32. The Balaban J connectivity index is 2.18. The van der Waals surface area contributed by atoms with Crippen LogP contribution in [0.4, 0.5) is 5.69 Å². The third kappa shape index (κ3) is 1.89. The highest BCUT2D eigenvalue weighted by atomic mass is 16.6. The molecule has 5 heteroatoms. The molecule has 0 aliphatic heterocycles. The summed E-state index contributed by atoms with van der Waals surface area (Å²) in [6.07, 6.45) is 4.67. The fourth-order valence-electron chi connectivity index (χ4n) is 2.37. The number of carbonyl (C=O) groups is 1. The Morgan fingerprint density at radius 1 is 1.11 bits per heavy atom. The number of benzene rings is 1. The average molecular weight is 254 g/mol. The second kappa shape index (κ2) is 4.28. The van der Waals surface area contributed by atoms with E-state index in [1.54, 1.807) is 24.5 Å². The first-order valence-corrected chi connectivity index (χ1v) is 5.92.